The summed E-state index contributed by atoms with van der Waals surface area (Å²) in [6, 6.07) is 3.59. The molecule has 0 radical (unpaired) electrons. The summed E-state index contributed by atoms with van der Waals surface area (Å²) in [7, 11) is 1.74. The highest BCUT2D eigenvalue weighted by molar-refractivity contribution is 7.80. The molecule has 0 aromatic carbocycles. The molecule has 0 aliphatic carbocycles. The molecule has 1 aromatic rings. The number of anilines is 1. The summed E-state index contributed by atoms with van der Waals surface area (Å²) in [5, 5.41) is 6.59. The maximum absolute atomic E-state index is 5.76. The molecular formula is C7H8ClN3S. The monoisotopic (exact) mass is 201 g/mol. The van der Waals surface area contributed by atoms with Gasteiger partial charge in [-0.05, 0) is 24.4 Å². The van der Waals surface area contributed by atoms with E-state index in [9.17, 15) is 0 Å². The van der Waals surface area contributed by atoms with E-state index in [2.05, 4.69) is 15.6 Å². The molecule has 0 spiro atoms. The van der Waals surface area contributed by atoms with Crippen molar-refractivity contribution in [2.24, 2.45) is 0 Å². The molecule has 2 N–H and O–H groups in total. The average molecular weight is 202 g/mol. The Balaban J connectivity index is 2.75. The average Bonchev–Trinajstić information content (AvgIpc) is 2.09. The van der Waals surface area contributed by atoms with Crippen LogP contribution >= 0.6 is 23.8 Å². The SMILES string of the molecule is CNC(=S)Nc1cccnc1Cl. The zero-order valence-electron chi connectivity index (χ0n) is 6.47. The third-order valence-electron chi connectivity index (χ3n) is 1.23. The Labute approximate surface area is 81.1 Å². The van der Waals surface area contributed by atoms with Gasteiger partial charge < -0.3 is 10.6 Å². The van der Waals surface area contributed by atoms with Crippen molar-refractivity contribution in [3.8, 4) is 0 Å². The molecule has 64 valence electrons. The fourth-order valence-corrected chi connectivity index (χ4v) is 0.941. The van der Waals surface area contributed by atoms with Crippen LogP contribution < -0.4 is 10.6 Å². The van der Waals surface area contributed by atoms with Gasteiger partial charge in [-0.1, -0.05) is 11.6 Å². The Morgan fingerprint density at radius 3 is 3.00 bits per heavy atom. The molecule has 0 fully saturated rings. The van der Waals surface area contributed by atoms with Crippen LogP contribution in [0.15, 0.2) is 18.3 Å². The van der Waals surface area contributed by atoms with Crippen molar-refractivity contribution in [2.75, 3.05) is 12.4 Å². The first-order valence-electron chi connectivity index (χ1n) is 3.33. The Bertz CT molecular complexity index is 290. The minimum absolute atomic E-state index is 0.412. The number of aromatic nitrogens is 1. The van der Waals surface area contributed by atoms with E-state index < -0.39 is 0 Å². The first-order valence-corrected chi connectivity index (χ1v) is 4.12. The molecule has 1 rings (SSSR count). The summed E-state index contributed by atoms with van der Waals surface area (Å²) < 4.78 is 0. The molecule has 12 heavy (non-hydrogen) atoms. The number of thiocarbonyl (C=S) groups is 1. The molecule has 0 saturated carbocycles. The second-order valence-corrected chi connectivity index (χ2v) is 2.81. The van der Waals surface area contributed by atoms with Gasteiger partial charge in [0.15, 0.2) is 10.3 Å². The van der Waals surface area contributed by atoms with Crippen molar-refractivity contribution in [1.82, 2.24) is 10.3 Å². The summed E-state index contributed by atoms with van der Waals surface area (Å²) in [5.74, 6) is 0. The first kappa shape index (κ1) is 9.22. The van der Waals surface area contributed by atoms with Crippen molar-refractivity contribution in [3.63, 3.8) is 0 Å². The van der Waals surface area contributed by atoms with E-state index in [4.69, 9.17) is 23.8 Å². The van der Waals surface area contributed by atoms with Crippen LogP contribution in [0.3, 0.4) is 0 Å². The number of rotatable bonds is 1. The lowest BCUT2D eigenvalue weighted by Gasteiger charge is -2.06. The first-order chi connectivity index (χ1) is 5.74. The lowest BCUT2D eigenvalue weighted by Crippen LogP contribution is -2.24. The maximum atomic E-state index is 5.76. The highest BCUT2D eigenvalue weighted by Crippen LogP contribution is 2.16. The largest absolute Gasteiger partial charge is 0.366 e. The van der Waals surface area contributed by atoms with Crippen LogP contribution in [0.4, 0.5) is 5.69 Å². The zero-order valence-corrected chi connectivity index (χ0v) is 8.04. The fraction of sp³-hybridized carbons (Fsp3) is 0.143. The van der Waals surface area contributed by atoms with E-state index in [-0.39, 0.29) is 0 Å². The Morgan fingerprint density at radius 2 is 2.42 bits per heavy atom. The van der Waals surface area contributed by atoms with Gasteiger partial charge in [0, 0.05) is 13.2 Å². The number of hydrogen-bond donors (Lipinski definition) is 2. The van der Waals surface area contributed by atoms with Crippen molar-refractivity contribution >= 4 is 34.6 Å². The standard InChI is InChI=1S/C7H8ClN3S/c1-9-7(12)11-5-3-2-4-10-6(5)8/h2-4H,1H3,(H2,9,11,12). The molecule has 1 aromatic heterocycles. The number of hydrogen-bond acceptors (Lipinski definition) is 2. The van der Waals surface area contributed by atoms with E-state index in [1.165, 1.54) is 0 Å². The van der Waals surface area contributed by atoms with Crippen LogP contribution in [-0.4, -0.2) is 17.1 Å². The highest BCUT2D eigenvalue weighted by Gasteiger charge is 1.99. The van der Waals surface area contributed by atoms with Crippen LogP contribution in [0.25, 0.3) is 0 Å². The Morgan fingerprint density at radius 1 is 1.67 bits per heavy atom. The number of nitrogens with zero attached hydrogens (tertiary/aromatic N) is 1. The third-order valence-corrected chi connectivity index (χ3v) is 1.84. The minimum Gasteiger partial charge on any atom is -0.366 e. The molecule has 0 bridgehead atoms. The third kappa shape index (κ3) is 2.32. The van der Waals surface area contributed by atoms with Crippen LogP contribution in [-0.2, 0) is 0 Å². The van der Waals surface area contributed by atoms with Crippen LogP contribution in [0.1, 0.15) is 0 Å². The predicted molar refractivity (Wildman–Crippen MR) is 54.5 cm³/mol. The zero-order chi connectivity index (χ0) is 8.97. The van der Waals surface area contributed by atoms with Crippen LogP contribution in [0.5, 0.6) is 0 Å². The molecule has 0 aliphatic rings. The highest BCUT2D eigenvalue weighted by atomic mass is 35.5. The molecular weight excluding hydrogens is 194 g/mol. The van der Waals surface area contributed by atoms with Gasteiger partial charge in [0.25, 0.3) is 0 Å². The van der Waals surface area contributed by atoms with Crippen LogP contribution in [0, 0.1) is 0 Å². The maximum Gasteiger partial charge on any atom is 0.170 e. The van der Waals surface area contributed by atoms with Gasteiger partial charge in [-0.2, -0.15) is 0 Å². The minimum atomic E-state index is 0.412. The van der Waals surface area contributed by atoms with Gasteiger partial charge in [0.2, 0.25) is 0 Å². The molecule has 0 amide bonds. The van der Waals surface area contributed by atoms with Crippen molar-refractivity contribution < 1.29 is 0 Å². The lowest BCUT2D eigenvalue weighted by atomic mass is 10.4. The van der Waals surface area contributed by atoms with Gasteiger partial charge in [-0.15, -0.1) is 0 Å². The smallest absolute Gasteiger partial charge is 0.170 e. The van der Waals surface area contributed by atoms with Gasteiger partial charge >= 0.3 is 0 Å². The molecule has 0 atom stereocenters. The van der Waals surface area contributed by atoms with E-state index >= 15 is 0 Å². The molecule has 5 heteroatoms. The summed E-state index contributed by atoms with van der Waals surface area (Å²) in [4.78, 5) is 3.88. The van der Waals surface area contributed by atoms with E-state index in [1.807, 2.05) is 0 Å². The summed E-state index contributed by atoms with van der Waals surface area (Å²) >= 11 is 10.7. The number of halogens is 1. The molecule has 0 saturated heterocycles. The van der Waals surface area contributed by atoms with Crippen molar-refractivity contribution in [3.05, 3.63) is 23.5 Å². The van der Waals surface area contributed by atoms with Gasteiger partial charge in [0.1, 0.15) is 0 Å². The van der Waals surface area contributed by atoms with E-state index in [1.54, 1.807) is 25.4 Å². The normalized spacial score (nSPS) is 9.17. The Hall–Kier alpha value is -0.870. The van der Waals surface area contributed by atoms with Gasteiger partial charge in [-0.25, -0.2) is 4.98 Å². The topological polar surface area (TPSA) is 37.0 Å². The molecule has 1 heterocycles. The molecule has 0 unspecified atom stereocenters. The van der Waals surface area contributed by atoms with E-state index in [0.29, 0.717) is 16.0 Å². The second kappa shape index (κ2) is 4.23. The van der Waals surface area contributed by atoms with Crippen molar-refractivity contribution in [2.45, 2.75) is 0 Å². The summed E-state index contributed by atoms with van der Waals surface area (Å²) in [5.41, 5.74) is 0.707. The quantitative estimate of drug-likeness (QED) is 0.535. The van der Waals surface area contributed by atoms with Gasteiger partial charge in [-0.3, -0.25) is 0 Å². The Kier molecular flexibility index (Phi) is 3.25. The van der Waals surface area contributed by atoms with Crippen LogP contribution in [0.2, 0.25) is 5.15 Å². The molecule has 0 aliphatic heterocycles. The predicted octanol–water partition coefficient (Wildman–Crippen LogP) is 1.65. The fourth-order valence-electron chi connectivity index (χ4n) is 0.664. The van der Waals surface area contributed by atoms with Crippen molar-refractivity contribution in [1.29, 1.82) is 0 Å². The molecule has 3 nitrogen and oxygen atoms in total. The summed E-state index contributed by atoms with van der Waals surface area (Å²) in [6.07, 6.45) is 1.62. The van der Waals surface area contributed by atoms with Gasteiger partial charge in [0.05, 0.1) is 5.69 Å². The van der Waals surface area contributed by atoms with E-state index in [0.717, 1.165) is 0 Å². The second-order valence-electron chi connectivity index (χ2n) is 2.05. The number of pyridine rings is 1. The lowest BCUT2D eigenvalue weighted by molar-refractivity contribution is 1.19. The number of nitrogens with one attached hydrogen (secondary N) is 2. The summed E-state index contributed by atoms with van der Waals surface area (Å²) in [6.45, 7) is 0.